The first-order valence-corrected chi connectivity index (χ1v) is 12.5. The molecule has 0 amide bonds. The van der Waals surface area contributed by atoms with Crippen molar-refractivity contribution in [3.8, 4) is 0 Å². The number of ether oxygens (including phenoxy) is 10. The Morgan fingerprint density at radius 1 is 0.513 bits per heavy atom. The minimum Gasteiger partial charge on any atom is -0.394 e. The second-order valence-corrected chi connectivity index (χ2v) is 9.51. The molecule has 3 fully saturated rings. The summed E-state index contributed by atoms with van der Waals surface area (Å²) in [6, 6.07) is 0. The van der Waals surface area contributed by atoms with Crippen LogP contribution in [0.15, 0.2) is 0 Å². The van der Waals surface area contributed by atoms with Gasteiger partial charge in [0.2, 0.25) is 0 Å². The lowest BCUT2D eigenvalue weighted by atomic mass is 9.96. The molecule has 39 heavy (non-hydrogen) atoms. The Morgan fingerprint density at radius 2 is 0.949 bits per heavy atom. The Morgan fingerprint density at radius 3 is 1.41 bits per heavy atom. The minimum absolute atomic E-state index is 0.0486. The molecule has 0 aromatic carbocycles. The topological polar surface area (TPSA) is 214 Å². The quantitative estimate of drug-likeness (QED) is 0.130. The van der Waals surface area contributed by atoms with Crippen LogP contribution in [0.3, 0.4) is 0 Å². The molecule has 15 atom stereocenters. The molecule has 0 radical (unpaired) electrons. The molecule has 3 heterocycles. The fraction of sp³-hybridized carbons (Fsp3) is 1.00. The third-order valence-corrected chi connectivity index (χ3v) is 7.14. The van der Waals surface area contributed by atoms with Crippen LogP contribution in [0, 0.1) is 0 Å². The summed E-state index contributed by atoms with van der Waals surface area (Å²) in [6.07, 6.45) is -18.7. The van der Waals surface area contributed by atoms with Crippen molar-refractivity contribution in [1.82, 2.24) is 0 Å². The summed E-state index contributed by atoms with van der Waals surface area (Å²) in [6.45, 7) is -0.753. The van der Waals surface area contributed by atoms with Crippen LogP contribution in [0.25, 0.3) is 0 Å². The Labute approximate surface area is 226 Å². The molecule has 3 aliphatic rings. The van der Waals surface area contributed by atoms with E-state index in [9.17, 15) is 30.6 Å². The van der Waals surface area contributed by atoms with Crippen molar-refractivity contribution in [2.45, 2.75) is 92.1 Å². The predicted octanol–water partition coefficient (Wildman–Crippen LogP) is -4.30. The van der Waals surface area contributed by atoms with Crippen molar-refractivity contribution >= 4 is 0 Å². The van der Waals surface area contributed by atoms with Crippen molar-refractivity contribution in [2.75, 3.05) is 55.4 Å². The van der Waals surface area contributed by atoms with Crippen LogP contribution in [0.5, 0.6) is 0 Å². The minimum atomic E-state index is -1.46. The molecule has 16 heteroatoms. The van der Waals surface area contributed by atoms with E-state index in [1.807, 2.05) is 0 Å². The zero-order valence-corrected chi connectivity index (χ0v) is 22.5. The normalized spacial score (nSPS) is 47.3. The van der Waals surface area contributed by atoms with Gasteiger partial charge in [-0.3, -0.25) is 0 Å². The number of aliphatic hydroxyl groups is 6. The van der Waals surface area contributed by atoms with Gasteiger partial charge in [-0.15, -0.1) is 0 Å². The molecular formula is C23H42O16. The summed E-state index contributed by atoms with van der Waals surface area (Å²) in [5.74, 6) is 0. The van der Waals surface area contributed by atoms with Gasteiger partial charge in [0.25, 0.3) is 0 Å². The highest BCUT2D eigenvalue weighted by atomic mass is 16.8. The molecule has 16 nitrogen and oxygen atoms in total. The SMILES string of the molecule is COCC1O[C@@H](O[C@H]2C(O)C(OC)[C@H](O)O[C@H]2COC)[C@@H](OC)C(O)[C@@H]1O[C@@H]1O[C@@H](CO)[C@@H](O)C(O)C1OC. The van der Waals surface area contributed by atoms with E-state index in [4.69, 9.17) is 47.4 Å². The zero-order chi connectivity index (χ0) is 28.9. The first kappa shape index (κ1) is 32.9. The molecule has 6 unspecified atom stereocenters. The lowest BCUT2D eigenvalue weighted by Gasteiger charge is -2.49. The van der Waals surface area contributed by atoms with E-state index in [0.29, 0.717) is 0 Å². The van der Waals surface area contributed by atoms with Gasteiger partial charge in [0.1, 0.15) is 73.2 Å². The molecule has 3 saturated heterocycles. The van der Waals surface area contributed by atoms with Crippen LogP contribution < -0.4 is 0 Å². The maximum absolute atomic E-state index is 11.3. The van der Waals surface area contributed by atoms with E-state index in [0.717, 1.165) is 0 Å². The predicted molar refractivity (Wildman–Crippen MR) is 125 cm³/mol. The first-order valence-electron chi connectivity index (χ1n) is 12.5. The third-order valence-electron chi connectivity index (χ3n) is 7.14. The van der Waals surface area contributed by atoms with Gasteiger partial charge in [-0.25, -0.2) is 0 Å². The fourth-order valence-corrected chi connectivity index (χ4v) is 5.08. The number of methoxy groups -OCH3 is 5. The van der Waals surface area contributed by atoms with Gasteiger partial charge >= 0.3 is 0 Å². The molecule has 6 N–H and O–H groups in total. The third kappa shape index (κ3) is 7.06. The van der Waals surface area contributed by atoms with Crippen LogP contribution >= 0.6 is 0 Å². The average Bonchev–Trinajstić information content (AvgIpc) is 2.91. The van der Waals surface area contributed by atoms with Gasteiger partial charge in [0.15, 0.2) is 18.9 Å². The summed E-state index contributed by atoms with van der Waals surface area (Å²) >= 11 is 0. The number of hydrogen-bond donors (Lipinski definition) is 6. The monoisotopic (exact) mass is 574 g/mol. The average molecular weight is 575 g/mol. The molecule has 0 aromatic rings. The molecule has 0 saturated carbocycles. The van der Waals surface area contributed by atoms with E-state index in [2.05, 4.69) is 0 Å². The standard InChI is InChI=1S/C23H42O16/c1-30-7-10-16(14(27)18(32-3)21(29)35-10)38-23-20(34-5)15(28)17(11(37-23)8-31-2)39-22-19(33-4)13(26)12(25)9(6-24)36-22/h9-29H,6-8H2,1-5H3/t9-,10-,11?,12+,13?,14?,15?,16+,17+,18?,19?,20-,21+,22-,23-/m0/s1. The van der Waals surface area contributed by atoms with Crippen molar-refractivity contribution in [3.05, 3.63) is 0 Å². The van der Waals surface area contributed by atoms with Crippen molar-refractivity contribution in [1.29, 1.82) is 0 Å². The maximum atomic E-state index is 11.3. The van der Waals surface area contributed by atoms with Gasteiger partial charge < -0.3 is 78.0 Å². The highest BCUT2D eigenvalue weighted by Gasteiger charge is 2.54. The second kappa shape index (κ2) is 15.0. The Kier molecular flexibility index (Phi) is 12.7. The zero-order valence-electron chi connectivity index (χ0n) is 22.5. The summed E-state index contributed by atoms with van der Waals surface area (Å²) in [7, 11) is 6.69. The van der Waals surface area contributed by atoms with Crippen LogP contribution in [-0.4, -0.2) is 178 Å². The maximum Gasteiger partial charge on any atom is 0.187 e. The molecule has 3 aliphatic heterocycles. The smallest absolute Gasteiger partial charge is 0.187 e. The van der Waals surface area contributed by atoms with Gasteiger partial charge in [-0.05, 0) is 0 Å². The van der Waals surface area contributed by atoms with Crippen LogP contribution in [-0.2, 0) is 47.4 Å². The molecule has 230 valence electrons. The molecule has 0 spiro atoms. The molecule has 0 aliphatic carbocycles. The van der Waals surface area contributed by atoms with E-state index in [-0.39, 0.29) is 13.2 Å². The second-order valence-electron chi connectivity index (χ2n) is 9.51. The summed E-state index contributed by atoms with van der Waals surface area (Å²) in [5, 5.41) is 62.6. The highest BCUT2D eigenvalue weighted by Crippen LogP contribution is 2.34. The van der Waals surface area contributed by atoms with Crippen molar-refractivity contribution in [2.24, 2.45) is 0 Å². The Bertz CT molecular complexity index is 714. The van der Waals surface area contributed by atoms with E-state index < -0.39 is 98.7 Å². The van der Waals surface area contributed by atoms with E-state index in [1.54, 1.807) is 0 Å². The van der Waals surface area contributed by atoms with Crippen molar-refractivity contribution < 1.29 is 78.0 Å². The Balaban J connectivity index is 1.83. The van der Waals surface area contributed by atoms with Crippen LogP contribution in [0.4, 0.5) is 0 Å². The fourth-order valence-electron chi connectivity index (χ4n) is 5.08. The number of hydrogen-bond acceptors (Lipinski definition) is 16. The molecule has 0 aromatic heterocycles. The van der Waals surface area contributed by atoms with Gasteiger partial charge in [0.05, 0.1) is 19.8 Å². The van der Waals surface area contributed by atoms with Gasteiger partial charge in [-0.1, -0.05) is 0 Å². The molecular weight excluding hydrogens is 532 g/mol. The summed E-state index contributed by atoms with van der Waals surface area (Å²) in [4.78, 5) is 0. The molecule has 0 bridgehead atoms. The molecule has 3 rings (SSSR count). The van der Waals surface area contributed by atoms with Crippen LogP contribution in [0.2, 0.25) is 0 Å². The largest absolute Gasteiger partial charge is 0.394 e. The van der Waals surface area contributed by atoms with Crippen LogP contribution in [0.1, 0.15) is 0 Å². The van der Waals surface area contributed by atoms with E-state index >= 15 is 0 Å². The highest BCUT2D eigenvalue weighted by molar-refractivity contribution is 4.97. The van der Waals surface area contributed by atoms with Crippen molar-refractivity contribution in [3.63, 3.8) is 0 Å². The number of rotatable bonds is 12. The number of aliphatic hydroxyl groups excluding tert-OH is 6. The van der Waals surface area contributed by atoms with Gasteiger partial charge in [-0.2, -0.15) is 0 Å². The summed E-state index contributed by atoms with van der Waals surface area (Å²) in [5.41, 5.74) is 0. The van der Waals surface area contributed by atoms with Gasteiger partial charge in [0, 0.05) is 35.5 Å². The Hall–Kier alpha value is -0.640. The summed E-state index contributed by atoms with van der Waals surface area (Å²) < 4.78 is 55.6. The lowest BCUT2D eigenvalue weighted by Crippen LogP contribution is -2.67. The first-order chi connectivity index (χ1) is 18.7. The van der Waals surface area contributed by atoms with E-state index in [1.165, 1.54) is 35.5 Å². The lowest BCUT2D eigenvalue weighted by molar-refractivity contribution is -0.381.